The highest BCUT2D eigenvalue weighted by Crippen LogP contribution is 2.69. The largest absolute Gasteiger partial charge is 0.388 e. The lowest BCUT2D eigenvalue weighted by molar-refractivity contribution is -0.157. The maximum absolute atomic E-state index is 10.3. The van der Waals surface area contributed by atoms with Crippen molar-refractivity contribution in [1.29, 1.82) is 0 Å². The van der Waals surface area contributed by atoms with Crippen LogP contribution in [0.3, 0.4) is 0 Å². The molecule has 3 heteroatoms. The van der Waals surface area contributed by atoms with Gasteiger partial charge >= 0.3 is 0 Å². The summed E-state index contributed by atoms with van der Waals surface area (Å²) in [5, 5.41) is 13.1. The number of hydrogen-bond donors (Lipinski definition) is 1. The molecule has 2 aromatic carbocycles. The van der Waals surface area contributed by atoms with Crippen molar-refractivity contribution in [2.75, 3.05) is 13.1 Å². The molecule has 0 radical (unpaired) electrons. The highest BCUT2D eigenvalue weighted by molar-refractivity contribution is 5.83. The second-order valence-electron chi connectivity index (χ2n) is 13.6. The summed E-state index contributed by atoms with van der Waals surface area (Å²) >= 11 is 0. The number of rotatable bonds is 2. The molecule has 2 bridgehead atoms. The summed E-state index contributed by atoms with van der Waals surface area (Å²) in [4.78, 5) is 2.52. The molecular formula is C33H39NO2. The molecule has 0 amide bonds. The summed E-state index contributed by atoms with van der Waals surface area (Å²) in [6.45, 7) is 6.18. The number of fused-ring (bicyclic) bond motifs is 2. The molecule has 36 heavy (non-hydrogen) atoms. The van der Waals surface area contributed by atoms with Crippen LogP contribution in [0.15, 0.2) is 65.8 Å². The molecule has 4 fully saturated rings. The van der Waals surface area contributed by atoms with Gasteiger partial charge in [-0.1, -0.05) is 61.5 Å². The molecular weight excluding hydrogens is 442 g/mol. The summed E-state index contributed by atoms with van der Waals surface area (Å²) < 4.78 is 7.49. The highest BCUT2D eigenvalue weighted by Gasteiger charge is 2.66. The van der Waals surface area contributed by atoms with E-state index in [1.54, 1.807) is 5.57 Å². The number of ether oxygens (including phenoxy) is 1. The quantitative estimate of drug-likeness (QED) is 0.530. The normalized spacial score (nSPS) is 42.7. The maximum atomic E-state index is 10.3. The summed E-state index contributed by atoms with van der Waals surface area (Å²) in [5.74, 6) is 1.18. The van der Waals surface area contributed by atoms with E-state index in [4.69, 9.17) is 4.74 Å². The van der Waals surface area contributed by atoms with E-state index in [0.717, 1.165) is 32.4 Å². The van der Waals surface area contributed by atoms with Gasteiger partial charge in [-0.15, -0.1) is 0 Å². The number of likely N-dealkylation sites (tertiary alicyclic amines) is 1. The van der Waals surface area contributed by atoms with E-state index in [0.29, 0.717) is 17.9 Å². The molecule has 3 aliphatic heterocycles. The summed E-state index contributed by atoms with van der Waals surface area (Å²) in [6, 6.07) is 16.5. The average Bonchev–Trinajstić information content (AvgIpc) is 3.37. The van der Waals surface area contributed by atoms with E-state index in [2.05, 4.69) is 66.4 Å². The van der Waals surface area contributed by atoms with E-state index in [-0.39, 0.29) is 16.6 Å². The lowest BCUT2D eigenvalue weighted by atomic mass is 9.58. The van der Waals surface area contributed by atoms with Gasteiger partial charge in [-0.05, 0) is 103 Å². The van der Waals surface area contributed by atoms with Crippen molar-refractivity contribution in [3.05, 3.63) is 71.3 Å². The molecule has 3 aliphatic carbocycles. The first kappa shape index (κ1) is 22.1. The number of aliphatic hydroxyl groups is 1. The first-order valence-corrected chi connectivity index (χ1v) is 14.4. The van der Waals surface area contributed by atoms with Crippen molar-refractivity contribution < 1.29 is 9.84 Å². The van der Waals surface area contributed by atoms with Crippen LogP contribution < -0.4 is 0 Å². The molecule has 8 rings (SSSR count). The van der Waals surface area contributed by atoms with Crippen LogP contribution >= 0.6 is 0 Å². The summed E-state index contributed by atoms with van der Waals surface area (Å²) in [7, 11) is 0. The lowest BCUT2D eigenvalue weighted by Gasteiger charge is -2.56. The van der Waals surface area contributed by atoms with Gasteiger partial charge in [0.25, 0.3) is 0 Å². The molecule has 2 spiro atoms. The van der Waals surface area contributed by atoms with Gasteiger partial charge in [0.2, 0.25) is 0 Å². The Labute approximate surface area is 215 Å². The van der Waals surface area contributed by atoms with Crippen LogP contribution in [0.5, 0.6) is 0 Å². The van der Waals surface area contributed by atoms with Crippen LogP contribution in [0.1, 0.15) is 76.7 Å². The molecule has 188 valence electrons. The third-order valence-corrected chi connectivity index (χ3v) is 11.4. The molecule has 2 aromatic rings. The molecule has 6 aliphatic rings. The van der Waals surface area contributed by atoms with Crippen LogP contribution in [-0.4, -0.2) is 45.9 Å². The first-order valence-electron chi connectivity index (χ1n) is 14.4. The Hall–Kier alpha value is -1.94. The Morgan fingerprint density at radius 1 is 0.972 bits per heavy atom. The fourth-order valence-corrected chi connectivity index (χ4v) is 9.75. The lowest BCUT2D eigenvalue weighted by Crippen LogP contribution is -2.65. The highest BCUT2D eigenvalue weighted by atomic mass is 16.5. The predicted molar refractivity (Wildman–Crippen MR) is 144 cm³/mol. The Morgan fingerprint density at radius 2 is 1.81 bits per heavy atom. The molecule has 1 N–H and O–H groups in total. The van der Waals surface area contributed by atoms with Crippen molar-refractivity contribution in [3.8, 4) is 0 Å². The van der Waals surface area contributed by atoms with Crippen molar-refractivity contribution in [3.63, 3.8) is 0 Å². The fourth-order valence-electron chi connectivity index (χ4n) is 9.75. The van der Waals surface area contributed by atoms with Crippen LogP contribution in [0, 0.1) is 11.3 Å². The molecule has 0 aromatic heterocycles. The zero-order valence-electron chi connectivity index (χ0n) is 21.8. The van der Waals surface area contributed by atoms with Gasteiger partial charge in [0, 0.05) is 19.1 Å². The minimum Gasteiger partial charge on any atom is -0.388 e. The molecule has 6 atom stereocenters. The molecule has 3 heterocycles. The Balaban J connectivity index is 1.13. The first-order chi connectivity index (χ1) is 17.3. The van der Waals surface area contributed by atoms with E-state index in [9.17, 15) is 5.11 Å². The number of β-amino-alcohol motifs (C(OH)–C–C–N with tert-alkyl or cyclic N) is 1. The SMILES string of the molecule is CC1(O)CN([C@H]2CCC3=CC4=CC[C@]5(C)[C@@H](c6ccc7ccccc7c6)CC[C@H]5[C@@]45CC[C@]3(C2)O5)C1. The van der Waals surface area contributed by atoms with Crippen LogP contribution in [0.25, 0.3) is 10.8 Å². The van der Waals surface area contributed by atoms with Gasteiger partial charge in [0.1, 0.15) is 0 Å². The van der Waals surface area contributed by atoms with E-state index >= 15 is 0 Å². The van der Waals surface area contributed by atoms with E-state index < -0.39 is 5.60 Å². The van der Waals surface area contributed by atoms with Crippen molar-refractivity contribution in [1.82, 2.24) is 4.90 Å². The number of benzene rings is 2. The molecule has 2 saturated heterocycles. The van der Waals surface area contributed by atoms with Gasteiger partial charge in [-0.2, -0.15) is 0 Å². The Bertz CT molecular complexity index is 1320. The van der Waals surface area contributed by atoms with Gasteiger partial charge in [-0.25, -0.2) is 0 Å². The third kappa shape index (κ3) is 2.86. The Kier molecular flexibility index (Phi) is 4.37. The number of nitrogens with zero attached hydrogens (tertiary/aromatic N) is 1. The molecule has 2 saturated carbocycles. The van der Waals surface area contributed by atoms with Crippen LogP contribution in [0.4, 0.5) is 0 Å². The predicted octanol–water partition coefficient (Wildman–Crippen LogP) is 6.52. The van der Waals surface area contributed by atoms with Crippen molar-refractivity contribution >= 4 is 10.8 Å². The van der Waals surface area contributed by atoms with Crippen LogP contribution in [0.2, 0.25) is 0 Å². The van der Waals surface area contributed by atoms with Gasteiger partial charge < -0.3 is 9.84 Å². The summed E-state index contributed by atoms with van der Waals surface area (Å²) in [6.07, 6.45) is 14.7. The number of hydrogen-bond acceptors (Lipinski definition) is 3. The monoisotopic (exact) mass is 481 g/mol. The van der Waals surface area contributed by atoms with Crippen molar-refractivity contribution in [2.45, 2.75) is 94.0 Å². The van der Waals surface area contributed by atoms with Gasteiger partial charge in [0.15, 0.2) is 0 Å². The molecule has 3 nitrogen and oxygen atoms in total. The van der Waals surface area contributed by atoms with Gasteiger partial charge in [0.05, 0.1) is 16.8 Å². The summed E-state index contributed by atoms with van der Waals surface area (Å²) in [5.41, 5.74) is 4.18. The second-order valence-corrected chi connectivity index (χ2v) is 13.6. The van der Waals surface area contributed by atoms with Crippen LogP contribution in [-0.2, 0) is 4.74 Å². The Morgan fingerprint density at radius 3 is 2.64 bits per heavy atom. The van der Waals surface area contributed by atoms with Crippen molar-refractivity contribution in [2.24, 2.45) is 11.3 Å². The topological polar surface area (TPSA) is 32.7 Å². The minimum absolute atomic E-state index is 0.0685. The minimum atomic E-state index is -0.499. The number of allylic oxidation sites excluding steroid dienone is 1. The maximum Gasteiger partial charge on any atom is 0.0974 e. The second kappa shape index (κ2) is 7.12. The standard InChI is InChI=1S/C33H39NO2/c1-30(35)20-34(21-30)27-10-9-25-18-26-13-14-31(2)28(24-8-7-22-5-3-4-6-23(22)17-24)11-12-29(31)33(26)16-15-32(25,19-27)36-33/h3-8,13,17-18,27-29,35H,9-12,14-16,19-21H2,1-2H3/t27-,28+,29+,31+,32+,33+/m0/s1. The van der Waals surface area contributed by atoms with E-state index in [1.165, 1.54) is 54.0 Å². The average molecular weight is 482 g/mol. The third-order valence-electron chi connectivity index (χ3n) is 11.4. The van der Waals surface area contributed by atoms with E-state index in [1.807, 2.05) is 6.92 Å². The van der Waals surface area contributed by atoms with Gasteiger partial charge in [-0.3, -0.25) is 4.90 Å². The zero-order chi connectivity index (χ0) is 24.3. The molecule has 0 unspecified atom stereocenters. The zero-order valence-corrected chi connectivity index (χ0v) is 21.8. The smallest absolute Gasteiger partial charge is 0.0974 e. The fraction of sp³-hybridized carbons (Fsp3) is 0.576.